The number of ether oxygens (including phenoxy) is 3. The Hall–Kier alpha value is -3.45. The summed E-state index contributed by atoms with van der Waals surface area (Å²) in [4.78, 5) is 26.0. The van der Waals surface area contributed by atoms with Gasteiger partial charge in [0.1, 0.15) is 11.6 Å². The van der Waals surface area contributed by atoms with Gasteiger partial charge in [0.15, 0.2) is 17.3 Å². The van der Waals surface area contributed by atoms with Crippen LogP contribution in [0.2, 0.25) is 0 Å². The van der Waals surface area contributed by atoms with Crippen LogP contribution in [0.5, 0.6) is 17.2 Å². The number of halogens is 1. The van der Waals surface area contributed by atoms with Crippen molar-refractivity contribution in [3.63, 3.8) is 0 Å². The summed E-state index contributed by atoms with van der Waals surface area (Å²) in [5.41, 5.74) is 0.145. The molecule has 1 heterocycles. The fourth-order valence-electron chi connectivity index (χ4n) is 2.54. The van der Waals surface area contributed by atoms with Gasteiger partial charge in [-0.05, 0) is 60.0 Å². The fraction of sp³-hybridized carbons (Fsp3) is 0.0909. The van der Waals surface area contributed by atoms with Gasteiger partial charge in [-0.3, -0.25) is 4.79 Å². The number of allylic oxidation sites excluding steroid dienone is 1. The topological polar surface area (TPSA) is 61.8 Å². The minimum Gasteiger partial charge on any atom is -0.493 e. The second-order valence-corrected chi connectivity index (χ2v) is 6.79. The Morgan fingerprint density at radius 3 is 2.41 bits per heavy atom. The summed E-state index contributed by atoms with van der Waals surface area (Å²) in [7, 11) is 2.93. The lowest BCUT2D eigenvalue weighted by molar-refractivity contribution is 0.0732. The molecule has 0 fully saturated rings. The van der Waals surface area contributed by atoms with Crippen LogP contribution in [0.3, 0.4) is 0 Å². The summed E-state index contributed by atoms with van der Waals surface area (Å²) in [5.74, 6) is -1.02. The number of carbonyl (C=O) groups excluding carboxylic acids is 2. The quantitative estimate of drug-likeness (QED) is 0.236. The molecule has 29 heavy (non-hydrogen) atoms. The van der Waals surface area contributed by atoms with E-state index >= 15 is 0 Å². The SMILES string of the molecule is COc1ccc(C(=O)Oc2ccc(F)cc2C(=O)C=Cc2cccs2)cc1OC. The molecule has 7 heteroatoms. The van der Waals surface area contributed by atoms with Crippen LogP contribution in [-0.4, -0.2) is 26.0 Å². The molecule has 3 aromatic rings. The summed E-state index contributed by atoms with van der Waals surface area (Å²) in [6, 6.07) is 11.6. The van der Waals surface area contributed by atoms with Gasteiger partial charge in [-0.25, -0.2) is 9.18 Å². The molecule has 0 N–H and O–H groups in total. The molecule has 0 spiro atoms. The van der Waals surface area contributed by atoms with E-state index in [1.165, 1.54) is 49.8 Å². The molecule has 5 nitrogen and oxygen atoms in total. The number of thiophene rings is 1. The van der Waals surface area contributed by atoms with Crippen molar-refractivity contribution in [2.24, 2.45) is 0 Å². The van der Waals surface area contributed by atoms with E-state index in [9.17, 15) is 14.0 Å². The Kier molecular flexibility index (Phi) is 6.41. The number of methoxy groups -OCH3 is 2. The standard InChI is InChI=1S/C22H17FO5S/c1-26-20-9-5-14(12-21(20)27-2)22(25)28-19-10-6-15(23)13-17(19)18(24)8-7-16-4-3-11-29-16/h3-13H,1-2H3. The Labute approximate surface area is 171 Å². The predicted molar refractivity (Wildman–Crippen MR) is 109 cm³/mol. The van der Waals surface area contributed by atoms with Crippen molar-refractivity contribution in [2.45, 2.75) is 0 Å². The molecule has 0 aliphatic carbocycles. The molecule has 0 aliphatic heterocycles. The van der Waals surface area contributed by atoms with Crippen LogP contribution in [0.25, 0.3) is 6.08 Å². The molecule has 0 unspecified atom stereocenters. The van der Waals surface area contributed by atoms with E-state index in [1.807, 2.05) is 17.5 Å². The first-order chi connectivity index (χ1) is 14.0. The first kappa shape index (κ1) is 20.3. The average Bonchev–Trinajstić information content (AvgIpc) is 3.26. The smallest absolute Gasteiger partial charge is 0.343 e. The molecule has 2 aromatic carbocycles. The molecule has 0 saturated heterocycles. The van der Waals surface area contributed by atoms with Crippen LogP contribution >= 0.6 is 11.3 Å². The van der Waals surface area contributed by atoms with Crippen LogP contribution in [-0.2, 0) is 0 Å². The largest absolute Gasteiger partial charge is 0.493 e. The minimum absolute atomic E-state index is 0.0352. The van der Waals surface area contributed by atoms with E-state index in [-0.39, 0.29) is 16.9 Å². The number of ketones is 1. The van der Waals surface area contributed by atoms with Gasteiger partial charge in [-0.2, -0.15) is 0 Å². The maximum Gasteiger partial charge on any atom is 0.343 e. The average molecular weight is 412 g/mol. The maximum atomic E-state index is 13.7. The number of hydrogen-bond donors (Lipinski definition) is 0. The van der Waals surface area contributed by atoms with Crippen molar-refractivity contribution >= 4 is 29.2 Å². The van der Waals surface area contributed by atoms with Crippen molar-refractivity contribution in [1.29, 1.82) is 0 Å². The van der Waals surface area contributed by atoms with E-state index < -0.39 is 17.6 Å². The zero-order chi connectivity index (χ0) is 20.8. The van der Waals surface area contributed by atoms with E-state index in [1.54, 1.807) is 12.1 Å². The number of hydrogen-bond acceptors (Lipinski definition) is 6. The van der Waals surface area contributed by atoms with Crippen LogP contribution in [0.4, 0.5) is 4.39 Å². The van der Waals surface area contributed by atoms with Crippen molar-refractivity contribution in [3.05, 3.63) is 81.8 Å². The molecule has 3 rings (SSSR count). The van der Waals surface area contributed by atoms with Gasteiger partial charge in [0.2, 0.25) is 0 Å². The van der Waals surface area contributed by atoms with Gasteiger partial charge < -0.3 is 14.2 Å². The molecule has 0 radical (unpaired) electrons. The van der Waals surface area contributed by atoms with Crippen molar-refractivity contribution in [1.82, 2.24) is 0 Å². The minimum atomic E-state index is -0.714. The first-order valence-corrected chi connectivity index (χ1v) is 9.39. The van der Waals surface area contributed by atoms with Crippen LogP contribution in [0, 0.1) is 5.82 Å². The highest BCUT2D eigenvalue weighted by Gasteiger charge is 2.18. The van der Waals surface area contributed by atoms with E-state index in [0.717, 1.165) is 17.0 Å². The highest BCUT2D eigenvalue weighted by atomic mass is 32.1. The lowest BCUT2D eigenvalue weighted by atomic mass is 10.1. The van der Waals surface area contributed by atoms with Crippen molar-refractivity contribution in [2.75, 3.05) is 14.2 Å². The number of carbonyl (C=O) groups is 2. The first-order valence-electron chi connectivity index (χ1n) is 8.51. The van der Waals surface area contributed by atoms with Crippen LogP contribution < -0.4 is 14.2 Å². The second-order valence-electron chi connectivity index (χ2n) is 5.81. The Bertz CT molecular complexity index is 1060. The summed E-state index contributed by atoms with van der Waals surface area (Å²) >= 11 is 1.46. The zero-order valence-electron chi connectivity index (χ0n) is 15.7. The van der Waals surface area contributed by atoms with Crippen molar-refractivity contribution in [3.8, 4) is 17.2 Å². The lowest BCUT2D eigenvalue weighted by Crippen LogP contribution is -2.11. The highest BCUT2D eigenvalue weighted by Crippen LogP contribution is 2.29. The molecular formula is C22H17FO5S. The summed E-state index contributed by atoms with van der Waals surface area (Å²) in [5, 5.41) is 1.88. The van der Waals surface area contributed by atoms with Gasteiger partial charge in [0.25, 0.3) is 0 Å². The molecule has 0 aliphatic rings. The third kappa shape index (κ3) is 4.89. The molecule has 1 aromatic heterocycles. The zero-order valence-corrected chi connectivity index (χ0v) is 16.5. The van der Waals surface area contributed by atoms with Crippen LogP contribution in [0.15, 0.2) is 60.0 Å². The molecule has 0 amide bonds. The number of benzene rings is 2. The van der Waals surface area contributed by atoms with E-state index in [4.69, 9.17) is 14.2 Å². The molecule has 0 atom stereocenters. The maximum absolute atomic E-state index is 13.7. The van der Waals surface area contributed by atoms with Crippen molar-refractivity contribution < 1.29 is 28.2 Å². The summed E-state index contributed by atoms with van der Waals surface area (Å²) in [6.07, 6.45) is 2.94. The third-order valence-electron chi connectivity index (χ3n) is 3.97. The molecular weight excluding hydrogens is 395 g/mol. The molecule has 148 valence electrons. The fourth-order valence-corrected chi connectivity index (χ4v) is 3.16. The van der Waals surface area contributed by atoms with Gasteiger partial charge in [0.05, 0.1) is 25.3 Å². The van der Waals surface area contributed by atoms with Gasteiger partial charge in [-0.15, -0.1) is 11.3 Å². The second kappa shape index (κ2) is 9.16. The lowest BCUT2D eigenvalue weighted by Gasteiger charge is -2.11. The van der Waals surface area contributed by atoms with E-state index in [2.05, 4.69) is 0 Å². The number of esters is 1. The third-order valence-corrected chi connectivity index (χ3v) is 4.81. The summed E-state index contributed by atoms with van der Waals surface area (Å²) < 4.78 is 29.4. The van der Waals surface area contributed by atoms with E-state index in [0.29, 0.717) is 11.5 Å². The normalized spacial score (nSPS) is 10.7. The Morgan fingerprint density at radius 1 is 0.966 bits per heavy atom. The van der Waals surface area contributed by atoms with Gasteiger partial charge in [0, 0.05) is 4.88 Å². The Morgan fingerprint density at radius 2 is 1.72 bits per heavy atom. The molecule has 0 saturated carbocycles. The monoisotopic (exact) mass is 412 g/mol. The summed E-state index contributed by atoms with van der Waals surface area (Å²) in [6.45, 7) is 0. The van der Waals surface area contributed by atoms with Crippen LogP contribution in [0.1, 0.15) is 25.6 Å². The highest BCUT2D eigenvalue weighted by molar-refractivity contribution is 7.10. The Balaban J connectivity index is 1.85. The number of rotatable bonds is 7. The predicted octanol–water partition coefficient (Wildman–Crippen LogP) is 5.02. The van der Waals surface area contributed by atoms with Gasteiger partial charge in [-0.1, -0.05) is 6.07 Å². The van der Waals surface area contributed by atoms with Gasteiger partial charge >= 0.3 is 5.97 Å². The molecule has 0 bridgehead atoms.